The SMILES string of the molecule is Cc1ccc(C(O)c2ccc(F)c(Cl)c2)cc1. The van der Waals surface area contributed by atoms with Crippen LogP contribution in [0.5, 0.6) is 0 Å². The number of hydrogen-bond donors (Lipinski definition) is 1. The average Bonchev–Trinajstić information content (AvgIpc) is 2.33. The molecule has 0 aliphatic rings. The predicted molar refractivity (Wildman–Crippen MR) is 66.7 cm³/mol. The van der Waals surface area contributed by atoms with Crippen molar-refractivity contribution in [1.29, 1.82) is 0 Å². The van der Waals surface area contributed by atoms with Crippen LogP contribution in [0.3, 0.4) is 0 Å². The molecule has 0 radical (unpaired) electrons. The highest BCUT2D eigenvalue weighted by molar-refractivity contribution is 6.30. The zero-order valence-electron chi connectivity index (χ0n) is 9.32. The molecule has 2 rings (SSSR count). The number of aliphatic hydroxyl groups excluding tert-OH is 1. The van der Waals surface area contributed by atoms with Crippen molar-refractivity contribution >= 4 is 11.6 Å². The largest absolute Gasteiger partial charge is 0.384 e. The van der Waals surface area contributed by atoms with E-state index in [1.807, 2.05) is 31.2 Å². The van der Waals surface area contributed by atoms with Crippen LogP contribution in [0, 0.1) is 12.7 Å². The zero-order valence-corrected chi connectivity index (χ0v) is 10.1. The first-order chi connectivity index (χ1) is 8.08. The average molecular weight is 251 g/mol. The number of aryl methyl sites for hydroxylation is 1. The number of rotatable bonds is 2. The van der Waals surface area contributed by atoms with E-state index in [1.165, 1.54) is 18.2 Å². The lowest BCUT2D eigenvalue weighted by atomic mass is 10.0. The third-order valence-electron chi connectivity index (χ3n) is 2.65. The summed E-state index contributed by atoms with van der Waals surface area (Å²) >= 11 is 5.68. The molecule has 0 saturated heterocycles. The van der Waals surface area contributed by atoms with Crippen LogP contribution < -0.4 is 0 Å². The molecule has 1 atom stereocenters. The van der Waals surface area contributed by atoms with Crippen LogP contribution in [0.25, 0.3) is 0 Å². The number of halogens is 2. The Morgan fingerprint density at radius 2 is 1.65 bits per heavy atom. The first-order valence-corrected chi connectivity index (χ1v) is 5.65. The summed E-state index contributed by atoms with van der Waals surface area (Å²) in [6.07, 6.45) is -0.784. The van der Waals surface area contributed by atoms with E-state index in [0.717, 1.165) is 11.1 Å². The van der Waals surface area contributed by atoms with Crippen molar-refractivity contribution in [3.63, 3.8) is 0 Å². The van der Waals surface area contributed by atoms with E-state index in [2.05, 4.69) is 0 Å². The van der Waals surface area contributed by atoms with Gasteiger partial charge in [-0.05, 0) is 30.2 Å². The van der Waals surface area contributed by atoms with Gasteiger partial charge < -0.3 is 5.11 Å². The van der Waals surface area contributed by atoms with Gasteiger partial charge in [0, 0.05) is 0 Å². The summed E-state index contributed by atoms with van der Waals surface area (Å²) in [4.78, 5) is 0. The Bertz CT molecular complexity index is 522. The van der Waals surface area contributed by atoms with Crippen molar-refractivity contribution in [1.82, 2.24) is 0 Å². The van der Waals surface area contributed by atoms with Crippen LogP contribution >= 0.6 is 11.6 Å². The van der Waals surface area contributed by atoms with Gasteiger partial charge in [-0.2, -0.15) is 0 Å². The molecule has 88 valence electrons. The third kappa shape index (κ3) is 2.65. The van der Waals surface area contributed by atoms with E-state index in [9.17, 15) is 9.50 Å². The highest BCUT2D eigenvalue weighted by atomic mass is 35.5. The fourth-order valence-electron chi connectivity index (χ4n) is 1.62. The van der Waals surface area contributed by atoms with Gasteiger partial charge in [0.25, 0.3) is 0 Å². The molecule has 0 heterocycles. The molecule has 3 heteroatoms. The van der Waals surface area contributed by atoms with Gasteiger partial charge in [-0.3, -0.25) is 0 Å². The topological polar surface area (TPSA) is 20.2 Å². The number of aliphatic hydroxyl groups is 1. The molecular weight excluding hydrogens is 239 g/mol. The molecule has 0 bridgehead atoms. The highest BCUT2D eigenvalue weighted by Gasteiger charge is 2.11. The smallest absolute Gasteiger partial charge is 0.141 e. The summed E-state index contributed by atoms with van der Waals surface area (Å²) in [6, 6.07) is 11.8. The van der Waals surface area contributed by atoms with Crippen LogP contribution in [0.1, 0.15) is 22.8 Å². The minimum Gasteiger partial charge on any atom is -0.384 e. The quantitative estimate of drug-likeness (QED) is 0.858. The molecule has 0 aliphatic carbocycles. The molecule has 0 saturated carbocycles. The Balaban J connectivity index is 2.33. The number of hydrogen-bond acceptors (Lipinski definition) is 1. The van der Waals surface area contributed by atoms with Gasteiger partial charge >= 0.3 is 0 Å². The molecule has 0 amide bonds. The molecule has 0 aromatic heterocycles. The minimum absolute atomic E-state index is 0.0219. The van der Waals surface area contributed by atoms with E-state index < -0.39 is 11.9 Å². The number of benzene rings is 2. The van der Waals surface area contributed by atoms with E-state index in [0.29, 0.717) is 5.56 Å². The highest BCUT2D eigenvalue weighted by Crippen LogP contribution is 2.25. The second kappa shape index (κ2) is 4.86. The second-order valence-corrected chi connectivity index (χ2v) is 4.39. The summed E-state index contributed by atoms with van der Waals surface area (Å²) in [7, 11) is 0. The molecule has 2 aromatic rings. The molecule has 2 aromatic carbocycles. The molecule has 1 N–H and O–H groups in total. The van der Waals surface area contributed by atoms with Gasteiger partial charge in [0.15, 0.2) is 0 Å². The van der Waals surface area contributed by atoms with Crippen molar-refractivity contribution < 1.29 is 9.50 Å². The first-order valence-electron chi connectivity index (χ1n) is 5.27. The first kappa shape index (κ1) is 12.1. The molecular formula is C14H12ClFO. The summed E-state index contributed by atoms with van der Waals surface area (Å²) in [5, 5.41) is 10.1. The Morgan fingerprint density at radius 3 is 2.24 bits per heavy atom. The molecule has 1 unspecified atom stereocenters. The fourth-order valence-corrected chi connectivity index (χ4v) is 1.81. The van der Waals surface area contributed by atoms with Crippen molar-refractivity contribution in [3.05, 3.63) is 70.0 Å². The van der Waals surface area contributed by atoms with Crippen molar-refractivity contribution in [2.75, 3.05) is 0 Å². The van der Waals surface area contributed by atoms with Gasteiger partial charge in [0.1, 0.15) is 11.9 Å². The van der Waals surface area contributed by atoms with Crippen LogP contribution in [-0.4, -0.2) is 5.11 Å². The van der Waals surface area contributed by atoms with Crippen molar-refractivity contribution in [3.8, 4) is 0 Å². The Kier molecular flexibility index (Phi) is 3.46. The van der Waals surface area contributed by atoms with Gasteiger partial charge in [0.05, 0.1) is 5.02 Å². The van der Waals surface area contributed by atoms with Crippen LogP contribution in [-0.2, 0) is 0 Å². The molecule has 0 aliphatic heterocycles. The lowest BCUT2D eigenvalue weighted by Crippen LogP contribution is -1.99. The summed E-state index contributed by atoms with van der Waals surface area (Å²) in [5.74, 6) is -0.480. The minimum atomic E-state index is -0.784. The molecule has 0 spiro atoms. The summed E-state index contributed by atoms with van der Waals surface area (Å²) in [6.45, 7) is 1.98. The maximum absolute atomic E-state index is 13.0. The molecule has 17 heavy (non-hydrogen) atoms. The Morgan fingerprint density at radius 1 is 1.06 bits per heavy atom. The van der Waals surface area contributed by atoms with Crippen LogP contribution in [0.2, 0.25) is 5.02 Å². The standard InChI is InChI=1S/C14H12ClFO/c1-9-2-4-10(5-3-9)14(17)11-6-7-13(16)12(15)8-11/h2-8,14,17H,1H3. The lowest BCUT2D eigenvalue weighted by molar-refractivity contribution is 0.220. The summed E-state index contributed by atoms with van der Waals surface area (Å²) in [5.41, 5.74) is 2.47. The maximum Gasteiger partial charge on any atom is 0.141 e. The van der Waals surface area contributed by atoms with Crippen LogP contribution in [0.15, 0.2) is 42.5 Å². The van der Waals surface area contributed by atoms with E-state index in [1.54, 1.807) is 0 Å². The van der Waals surface area contributed by atoms with E-state index >= 15 is 0 Å². The second-order valence-electron chi connectivity index (χ2n) is 3.99. The van der Waals surface area contributed by atoms with E-state index in [4.69, 9.17) is 11.6 Å². The molecule has 0 fully saturated rings. The normalized spacial score (nSPS) is 12.5. The Hall–Kier alpha value is -1.38. The third-order valence-corrected chi connectivity index (χ3v) is 2.94. The Labute approximate surface area is 104 Å². The zero-order chi connectivity index (χ0) is 12.4. The lowest BCUT2D eigenvalue weighted by Gasteiger charge is -2.12. The van der Waals surface area contributed by atoms with Gasteiger partial charge in [0.2, 0.25) is 0 Å². The summed E-state index contributed by atoms with van der Waals surface area (Å²) < 4.78 is 13.0. The van der Waals surface area contributed by atoms with Crippen molar-refractivity contribution in [2.45, 2.75) is 13.0 Å². The van der Waals surface area contributed by atoms with Gasteiger partial charge in [-0.25, -0.2) is 4.39 Å². The van der Waals surface area contributed by atoms with Gasteiger partial charge in [-0.1, -0.05) is 47.5 Å². The monoisotopic (exact) mass is 250 g/mol. The van der Waals surface area contributed by atoms with E-state index in [-0.39, 0.29) is 5.02 Å². The maximum atomic E-state index is 13.0. The predicted octanol–water partition coefficient (Wildman–Crippen LogP) is 3.87. The fraction of sp³-hybridized carbons (Fsp3) is 0.143. The molecule has 1 nitrogen and oxygen atoms in total. The van der Waals surface area contributed by atoms with Gasteiger partial charge in [-0.15, -0.1) is 0 Å². The van der Waals surface area contributed by atoms with Crippen molar-refractivity contribution in [2.24, 2.45) is 0 Å². The van der Waals surface area contributed by atoms with Crippen LogP contribution in [0.4, 0.5) is 4.39 Å².